The lowest BCUT2D eigenvalue weighted by molar-refractivity contribution is -0.137. The van der Waals surface area contributed by atoms with Crippen LogP contribution in [0.5, 0.6) is 0 Å². The lowest BCUT2D eigenvalue weighted by Gasteiger charge is -2.29. The summed E-state index contributed by atoms with van der Waals surface area (Å²) in [4.78, 5) is 19.9. The van der Waals surface area contributed by atoms with Gasteiger partial charge in [-0.2, -0.15) is 13.2 Å². The van der Waals surface area contributed by atoms with E-state index in [2.05, 4.69) is 10.2 Å². The number of pyridine rings is 1. The third kappa shape index (κ3) is 4.59. The van der Waals surface area contributed by atoms with Gasteiger partial charge in [-0.05, 0) is 49.1 Å². The van der Waals surface area contributed by atoms with E-state index in [1.807, 2.05) is 13.0 Å². The topological polar surface area (TPSA) is 54.5 Å². The number of carbonyl (C=O) groups is 1. The molecule has 1 aromatic heterocycles. The number of morpholine rings is 1. The van der Waals surface area contributed by atoms with Gasteiger partial charge in [0.1, 0.15) is 5.82 Å². The highest BCUT2D eigenvalue weighted by Crippen LogP contribution is 2.42. The van der Waals surface area contributed by atoms with Crippen molar-refractivity contribution in [3.63, 3.8) is 0 Å². The van der Waals surface area contributed by atoms with E-state index in [1.165, 1.54) is 12.1 Å². The van der Waals surface area contributed by atoms with Gasteiger partial charge in [0.2, 0.25) is 0 Å². The molecular weight excluding hydrogens is 395 g/mol. The zero-order valence-corrected chi connectivity index (χ0v) is 16.8. The molecule has 2 fully saturated rings. The monoisotopic (exact) mass is 419 g/mol. The van der Waals surface area contributed by atoms with Gasteiger partial charge < -0.3 is 15.0 Å². The van der Waals surface area contributed by atoms with Crippen LogP contribution in [0.2, 0.25) is 0 Å². The van der Waals surface area contributed by atoms with Gasteiger partial charge in [-0.3, -0.25) is 4.79 Å². The second kappa shape index (κ2) is 8.26. The summed E-state index contributed by atoms with van der Waals surface area (Å²) in [6.07, 6.45) is -2.34. The normalized spacial score (nSPS) is 17.1. The molecule has 0 bridgehead atoms. The Labute approximate surface area is 173 Å². The van der Waals surface area contributed by atoms with Crippen molar-refractivity contribution in [2.75, 3.05) is 31.2 Å². The predicted molar refractivity (Wildman–Crippen MR) is 107 cm³/mol. The average molecular weight is 419 g/mol. The molecule has 160 valence electrons. The van der Waals surface area contributed by atoms with Crippen molar-refractivity contribution >= 4 is 11.7 Å². The Kier molecular flexibility index (Phi) is 5.69. The number of ether oxygens (including phenoxy) is 1. The van der Waals surface area contributed by atoms with Gasteiger partial charge in [0.25, 0.3) is 5.91 Å². The fraction of sp³-hybridized carbons (Fsp3) is 0.455. The van der Waals surface area contributed by atoms with E-state index in [4.69, 9.17) is 9.72 Å². The molecule has 1 aliphatic heterocycles. The van der Waals surface area contributed by atoms with Gasteiger partial charge >= 0.3 is 6.18 Å². The number of carbonyl (C=O) groups excluding carboxylic acids is 1. The molecule has 0 radical (unpaired) electrons. The van der Waals surface area contributed by atoms with E-state index in [0.717, 1.165) is 55.1 Å². The highest BCUT2D eigenvalue weighted by Gasteiger charge is 2.32. The Hall–Kier alpha value is -2.61. The summed E-state index contributed by atoms with van der Waals surface area (Å²) in [6, 6.07) is 6.77. The lowest BCUT2D eigenvalue weighted by Crippen LogP contribution is -2.37. The van der Waals surface area contributed by atoms with Gasteiger partial charge in [-0.15, -0.1) is 0 Å². The van der Waals surface area contributed by atoms with Crippen LogP contribution in [-0.4, -0.2) is 37.2 Å². The predicted octanol–water partition coefficient (Wildman–Crippen LogP) is 4.05. The molecule has 2 aliphatic rings. The first-order valence-corrected chi connectivity index (χ1v) is 10.1. The first kappa shape index (κ1) is 20.7. The fourth-order valence-electron chi connectivity index (χ4n) is 3.66. The maximum absolute atomic E-state index is 12.9. The number of hydrogen-bond acceptors (Lipinski definition) is 4. The maximum atomic E-state index is 12.9. The smallest absolute Gasteiger partial charge is 0.378 e. The van der Waals surface area contributed by atoms with E-state index >= 15 is 0 Å². The third-order valence-corrected chi connectivity index (χ3v) is 5.49. The highest BCUT2D eigenvalue weighted by molar-refractivity contribution is 5.97. The van der Waals surface area contributed by atoms with Gasteiger partial charge in [0, 0.05) is 25.6 Å². The second-order valence-corrected chi connectivity index (χ2v) is 7.81. The number of benzene rings is 1. The van der Waals surface area contributed by atoms with E-state index in [1.54, 1.807) is 0 Å². The van der Waals surface area contributed by atoms with Crippen LogP contribution in [0.4, 0.5) is 19.0 Å². The van der Waals surface area contributed by atoms with Crippen molar-refractivity contribution in [2.45, 2.75) is 38.4 Å². The number of aryl methyl sites for hydroxylation is 1. The molecule has 1 saturated heterocycles. The van der Waals surface area contributed by atoms with Crippen LogP contribution < -0.4 is 10.2 Å². The van der Waals surface area contributed by atoms with Gasteiger partial charge in [0.05, 0.1) is 30.0 Å². The quantitative estimate of drug-likeness (QED) is 0.795. The molecule has 2 aromatic rings. The van der Waals surface area contributed by atoms with E-state index in [-0.39, 0.29) is 18.4 Å². The summed E-state index contributed by atoms with van der Waals surface area (Å²) in [6.45, 7) is 4.94. The summed E-state index contributed by atoms with van der Waals surface area (Å²) in [5.41, 5.74) is 2.17. The van der Waals surface area contributed by atoms with Crippen molar-refractivity contribution in [3.8, 4) is 0 Å². The number of hydrogen-bond donors (Lipinski definition) is 1. The Morgan fingerprint density at radius 3 is 2.47 bits per heavy atom. The minimum absolute atomic E-state index is 0.158. The van der Waals surface area contributed by atoms with E-state index in [0.29, 0.717) is 24.3 Å². The molecule has 0 atom stereocenters. The standard InChI is InChI=1S/C22H24F3N3O2/c1-14-12-18(28-8-10-30-11-9-28)27-20(16-4-5-16)19(14)21(29)26-13-15-2-6-17(7-3-15)22(23,24)25/h2-3,6-7,12,16H,4-5,8-11,13H2,1H3,(H,26,29). The van der Waals surface area contributed by atoms with Crippen LogP contribution in [0, 0.1) is 6.92 Å². The molecule has 1 N–H and O–H groups in total. The minimum atomic E-state index is -4.37. The summed E-state index contributed by atoms with van der Waals surface area (Å²) in [5.74, 6) is 0.920. The molecule has 4 rings (SSSR count). The van der Waals surface area contributed by atoms with Crippen molar-refractivity contribution in [3.05, 3.63) is 58.3 Å². The van der Waals surface area contributed by atoms with Crippen LogP contribution in [0.15, 0.2) is 30.3 Å². The van der Waals surface area contributed by atoms with Crippen LogP contribution in [0.3, 0.4) is 0 Å². The van der Waals surface area contributed by atoms with Crippen LogP contribution in [0.1, 0.15) is 51.5 Å². The lowest BCUT2D eigenvalue weighted by atomic mass is 10.0. The Balaban J connectivity index is 1.50. The summed E-state index contributed by atoms with van der Waals surface area (Å²) in [7, 11) is 0. The van der Waals surface area contributed by atoms with Crippen molar-refractivity contribution < 1.29 is 22.7 Å². The summed E-state index contributed by atoms with van der Waals surface area (Å²) in [5, 5.41) is 2.84. The van der Waals surface area contributed by atoms with Crippen molar-refractivity contribution in [1.29, 1.82) is 0 Å². The first-order chi connectivity index (χ1) is 14.3. The highest BCUT2D eigenvalue weighted by atomic mass is 19.4. The van der Waals surface area contributed by atoms with Crippen molar-refractivity contribution in [2.24, 2.45) is 0 Å². The molecule has 0 spiro atoms. The molecule has 1 aliphatic carbocycles. The molecular formula is C22H24F3N3O2. The Bertz CT molecular complexity index is 918. The van der Waals surface area contributed by atoms with Crippen LogP contribution in [-0.2, 0) is 17.5 Å². The van der Waals surface area contributed by atoms with Gasteiger partial charge in [0.15, 0.2) is 0 Å². The minimum Gasteiger partial charge on any atom is -0.378 e. The number of rotatable bonds is 5. The Morgan fingerprint density at radius 2 is 1.87 bits per heavy atom. The molecule has 2 heterocycles. The Morgan fingerprint density at radius 1 is 1.20 bits per heavy atom. The summed E-state index contributed by atoms with van der Waals surface area (Å²) >= 11 is 0. The number of aromatic nitrogens is 1. The second-order valence-electron chi connectivity index (χ2n) is 7.81. The number of alkyl halides is 3. The molecule has 1 saturated carbocycles. The van der Waals surface area contributed by atoms with Gasteiger partial charge in [-0.25, -0.2) is 4.98 Å². The maximum Gasteiger partial charge on any atom is 0.416 e. The average Bonchev–Trinajstić information content (AvgIpc) is 3.57. The van der Waals surface area contributed by atoms with Crippen molar-refractivity contribution in [1.82, 2.24) is 10.3 Å². The zero-order chi connectivity index (χ0) is 21.3. The molecule has 1 aromatic carbocycles. The van der Waals surface area contributed by atoms with E-state index < -0.39 is 11.7 Å². The molecule has 1 amide bonds. The molecule has 5 nitrogen and oxygen atoms in total. The first-order valence-electron chi connectivity index (χ1n) is 10.1. The zero-order valence-electron chi connectivity index (χ0n) is 16.8. The SMILES string of the molecule is Cc1cc(N2CCOCC2)nc(C2CC2)c1C(=O)NCc1ccc(C(F)(F)F)cc1. The molecule has 8 heteroatoms. The summed E-state index contributed by atoms with van der Waals surface area (Å²) < 4.78 is 43.5. The number of halogens is 3. The van der Waals surface area contributed by atoms with Gasteiger partial charge in [-0.1, -0.05) is 12.1 Å². The third-order valence-electron chi connectivity index (χ3n) is 5.49. The number of anilines is 1. The number of amides is 1. The van der Waals surface area contributed by atoms with Crippen LogP contribution in [0.25, 0.3) is 0 Å². The number of nitrogens with one attached hydrogen (secondary N) is 1. The fourth-order valence-corrected chi connectivity index (χ4v) is 3.66. The molecule has 30 heavy (non-hydrogen) atoms. The number of nitrogens with zero attached hydrogens (tertiary/aromatic N) is 2. The largest absolute Gasteiger partial charge is 0.416 e. The van der Waals surface area contributed by atoms with E-state index in [9.17, 15) is 18.0 Å². The van der Waals surface area contributed by atoms with Crippen LogP contribution >= 0.6 is 0 Å². The molecule has 0 unspecified atom stereocenters.